The second-order valence-corrected chi connectivity index (χ2v) is 19.6. The zero-order valence-corrected chi connectivity index (χ0v) is 40.8. The molecule has 0 spiro atoms. The molecule has 36 nitrogen and oxygen atoms in total. The van der Waals surface area contributed by atoms with E-state index in [0.717, 1.165) is 0 Å². The fourth-order valence-electron chi connectivity index (χ4n) is 9.90. The maximum absolute atomic E-state index is 11.6. The highest BCUT2D eigenvalue weighted by Crippen LogP contribution is 2.37. The molecule has 0 bridgehead atoms. The van der Waals surface area contributed by atoms with E-state index in [1.54, 1.807) is 0 Å². The molecule has 0 aromatic carbocycles. The van der Waals surface area contributed by atoms with Crippen LogP contribution in [0.1, 0.15) is 0 Å². The number of hydrogen-bond donors (Lipinski definition) is 23. The summed E-state index contributed by atoms with van der Waals surface area (Å²) < 4.78 is 72.5. The molecular formula is C42H72O36. The molecule has 0 radical (unpaired) electrons. The van der Waals surface area contributed by atoms with Gasteiger partial charge in [0.05, 0.1) is 46.2 Å². The van der Waals surface area contributed by atoms with Gasteiger partial charge in [0.1, 0.15) is 171 Å². The highest BCUT2D eigenvalue weighted by molar-refractivity contribution is 5.00. The summed E-state index contributed by atoms with van der Waals surface area (Å²) >= 11 is 0. The molecule has 0 amide bonds. The van der Waals surface area contributed by atoms with Gasteiger partial charge < -0.3 is 179 Å². The summed E-state index contributed by atoms with van der Waals surface area (Å²) in [5, 5.41) is 243. The maximum atomic E-state index is 11.6. The van der Waals surface area contributed by atoms with E-state index >= 15 is 0 Å². The van der Waals surface area contributed by atoms with Gasteiger partial charge in [-0.05, 0) is 0 Å². The van der Waals surface area contributed by atoms with E-state index in [0.29, 0.717) is 0 Å². The van der Waals surface area contributed by atoms with Crippen LogP contribution in [0.15, 0.2) is 0 Å². The van der Waals surface area contributed by atoms with Gasteiger partial charge in [-0.1, -0.05) is 0 Å². The lowest BCUT2D eigenvalue weighted by molar-refractivity contribution is -0.394. The minimum atomic E-state index is -2.28. The fraction of sp³-hybridized carbons (Fsp3) is 1.00. The van der Waals surface area contributed by atoms with Crippen LogP contribution >= 0.6 is 0 Å². The molecule has 7 aliphatic heterocycles. The molecule has 36 heteroatoms. The SMILES string of the molecule is OC[C@H]1O[C@H](O[C@H]2[C@H](O)[C@@H](O)[C@@H](O[C@H]3[C@H](O)[C@@H](O)[C@@H](OC[C@H]4O[C@H](O[C@H]5[C@H](O)[C@@H](O)[C@@H](O[C@H]6[C@H](O)[C@@H](O)[C@@H](O)O[C@@H]6CO)O[C@@H]5CO)[C@H](O)[C@@H](O)[C@@H]4O[C@H]4O[C@H](CO)[C@@H](O)[C@H](O)[C@H]4O)O[C@@H]3CO)O[C@@H]2CO)[C@H](O)[C@@H](O)[C@@H]1O. The first-order chi connectivity index (χ1) is 37.0. The molecule has 7 saturated heterocycles. The molecule has 7 heterocycles. The normalized spacial score (nSPS) is 53.5. The van der Waals surface area contributed by atoms with Crippen molar-refractivity contribution in [2.75, 3.05) is 46.2 Å². The Bertz CT molecular complexity index is 1810. The van der Waals surface area contributed by atoms with Crippen LogP contribution in [-0.4, -0.2) is 379 Å². The Hall–Kier alpha value is -1.44. The van der Waals surface area contributed by atoms with Crippen LogP contribution < -0.4 is 0 Å². The number of rotatable bonds is 19. The van der Waals surface area contributed by atoms with Crippen LogP contribution in [0.25, 0.3) is 0 Å². The Morgan fingerprint density at radius 3 is 0.769 bits per heavy atom. The summed E-state index contributed by atoms with van der Waals surface area (Å²) in [5.74, 6) is 0. The third-order valence-corrected chi connectivity index (χ3v) is 14.5. The Kier molecular flexibility index (Phi) is 22.6. The smallest absolute Gasteiger partial charge is 0.187 e. The number of aliphatic hydroxyl groups excluding tert-OH is 23. The maximum Gasteiger partial charge on any atom is 0.187 e. The summed E-state index contributed by atoms with van der Waals surface area (Å²) in [7, 11) is 0. The Labute approximate surface area is 439 Å². The van der Waals surface area contributed by atoms with Gasteiger partial charge >= 0.3 is 0 Å². The van der Waals surface area contributed by atoms with Crippen molar-refractivity contribution < 1.29 is 179 Å². The van der Waals surface area contributed by atoms with E-state index < -0.39 is 261 Å². The van der Waals surface area contributed by atoms with E-state index in [9.17, 15) is 117 Å². The van der Waals surface area contributed by atoms with Gasteiger partial charge in [0.2, 0.25) is 0 Å². The zero-order chi connectivity index (χ0) is 57.3. The quantitative estimate of drug-likeness (QED) is 0.0571. The van der Waals surface area contributed by atoms with Crippen molar-refractivity contribution >= 4 is 0 Å². The van der Waals surface area contributed by atoms with Gasteiger partial charge in [0, 0.05) is 0 Å². The molecule has 78 heavy (non-hydrogen) atoms. The molecule has 0 aliphatic carbocycles. The number of ether oxygens (including phenoxy) is 13. The molecule has 7 aliphatic rings. The van der Waals surface area contributed by atoms with E-state index in [2.05, 4.69) is 0 Å². The first-order valence-corrected chi connectivity index (χ1v) is 24.7. The molecule has 0 unspecified atom stereocenters. The van der Waals surface area contributed by atoms with Gasteiger partial charge in [0.15, 0.2) is 44.0 Å². The lowest BCUT2D eigenvalue weighted by Gasteiger charge is -2.49. The van der Waals surface area contributed by atoms with Gasteiger partial charge in [-0.25, -0.2) is 0 Å². The fourth-order valence-corrected chi connectivity index (χ4v) is 9.90. The van der Waals surface area contributed by atoms with E-state index in [4.69, 9.17) is 61.6 Å². The van der Waals surface area contributed by atoms with Crippen LogP contribution in [0, 0.1) is 0 Å². The summed E-state index contributed by atoms with van der Waals surface area (Å²) in [5.41, 5.74) is 0. The highest BCUT2D eigenvalue weighted by atomic mass is 16.8. The predicted molar refractivity (Wildman–Crippen MR) is 232 cm³/mol. The minimum Gasteiger partial charge on any atom is -0.394 e. The van der Waals surface area contributed by atoms with Crippen molar-refractivity contribution in [1.29, 1.82) is 0 Å². The third-order valence-electron chi connectivity index (χ3n) is 14.5. The lowest BCUT2D eigenvalue weighted by Crippen LogP contribution is -2.68. The second-order valence-electron chi connectivity index (χ2n) is 19.6. The highest BCUT2D eigenvalue weighted by Gasteiger charge is 2.58. The van der Waals surface area contributed by atoms with E-state index in [-0.39, 0.29) is 0 Å². The van der Waals surface area contributed by atoms with Crippen LogP contribution in [-0.2, 0) is 61.6 Å². The van der Waals surface area contributed by atoms with Crippen molar-refractivity contribution in [3.63, 3.8) is 0 Å². The molecule has 0 aromatic rings. The summed E-state index contributed by atoms with van der Waals surface area (Å²) in [6.45, 7) is -6.82. The summed E-state index contributed by atoms with van der Waals surface area (Å²) in [4.78, 5) is 0. The first-order valence-electron chi connectivity index (χ1n) is 24.7. The van der Waals surface area contributed by atoms with Crippen LogP contribution in [0.3, 0.4) is 0 Å². The Balaban J connectivity index is 1.05. The van der Waals surface area contributed by atoms with Crippen molar-refractivity contribution in [2.24, 2.45) is 0 Å². The molecule has 456 valence electrons. The van der Waals surface area contributed by atoms with Crippen molar-refractivity contribution in [1.82, 2.24) is 0 Å². The first kappa shape index (κ1) is 64.1. The molecule has 0 aromatic heterocycles. The van der Waals surface area contributed by atoms with Crippen LogP contribution in [0.5, 0.6) is 0 Å². The molecule has 23 N–H and O–H groups in total. The Morgan fingerprint density at radius 2 is 0.449 bits per heavy atom. The average Bonchev–Trinajstić information content (AvgIpc) is 3.53. The predicted octanol–water partition coefficient (Wildman–Crippen LogP) is -16.3. The lowest BCUT2D eigenvalue weighted by atomic mass is 9.95. The van der Waals surface area contributed by atoms with Gasteiger partial charge in [0.25, 0.3) is 0 Å². The topological polar surface area (TPSA) is 585 Å². The largest absolute Gasteiger partial charge is 0.394 e. The molecular weight excluding hydrogens is 1080 g/mol. The Morgan fingerprint density at radius 1 is 0.218 bits per heavy atom. The van der Waals surface area contributed by atoms with Crippen molar-refractivity contribution in [3.05, 3.63) is 0 Å². The van der Waals surface area contributed by atoms with Gasteiger partial charge in [-0.2, -0.15) is 0 Å². The van der Waals surface area contributed by atoms with Gasteiger partial charge in [-0.15, -0.1) is 0 Å². The van der Waals surface area contributed by atoms with Gasteiger partial charge in [-0.3, -0.25) is 0 Å². The molecule has 35 atom stereocenters. The van der Waals surface area contributed by atoms with Crippen LogP contribution in [0.4, 0.5) is 0 Å². The monoisotopic (exact) mass is 1150 g/mol. The molecule has 7 fully saturated rings. The molecule has 0 saturated carbocycles. The van der Waals surface area contributed by atoms with E-state index in [1.165, 1.54) is 0 Å². The minimum absolute atomic E-state index is 0.854. The third kappa shape index (κ3) is 13.1. The zero-order valence-electron chi connectivity index (χ0n) is 40.8. The van der Waals surface area contributed by atoms with Crippen molar-refractivity contribution in [2.45, 2.75) is 215 Å². The molecule has 7 rings (SSSR count). The van der Waals surface area contributed by atoms with E-state index in [1.807, 2.05) is 0 Å². The van der Waals surface area contributed by atoms with Crippen molar-refractivity contribution in [3.8, 4) is 0 Å². The number of hydrogen-bond acceptors (Lipinski definition) is 36. The van der Waals surface area contributed by atoms with Crippen LogP contribution in [0.2, 0.25) is 0 Å². The summed E-state index contributed by atoms with van der Waals surface area (Å²) in [6.07, 6.45) is -68.3. The second kappa shape index (κ2) is 27.5. The summed E-state index contributed by atoms with van der Waals surface area (Å²) in [6, 6.07) is 0. The average molecular weight is 1150 g/mol. The standard InChI is InChI=1S/C42H72O36/c43-1-8-15(49)17(51)25(59)38(68-8)75-33-12(5-47)72-41(29(63)21(33)55)76-32-11(4-46)70-37(27(61)20(32)54)66-7-14-35(78-39-26(60)18(52)16(50)9(2-44)69-39)23(57)30(64)42(73-14)77-34-13(6-48)71-40(28(62)22(34)56)74-31-10(3-45)67-36(65)24(58)19(31)53/h8-65H,1-7H2/t8-,9-,10-,11-,12-,13-,14-,15-,16-,17+,18+,19-,20-,21-,22-,23-,24-,25-,26-,27-,28-,29-,30-,31-,32-,33-,34-,35-,36+,37+,38-,39-,40-,41-,42-/m1/s1. The number of aliphatic hydroxyl groups is 23.